The van der Waals surface area contributed by atoms with E-state index in [0.717, 1.165) is 16.7 Å². The van der Waals surface area contributed by atoms with Gasteiger partial charge in [0.2, 0.25) is 5.91 Å². The number of carbonyl (C=O) groups excluding carboxylic acids is 1. The monoisotopic (exact) mass is 379 g/mol. The van der Waals surface area contributed by atoms with Gasteiger partial charge in [-0.3, -0.25) is 19.5 Å². The van der Waals surface area contributed by atoms with Crippen LogP contribution in [-0.4, -0.2) is 22.0 Å². The van der Waals surface area contributed by atoms with E-state index in [1.54, 1.807) is 0 Å². The topological polar surface area (TPSA) is 117 Å². The molecule has 3 rings (SSSR count). The van der Waals surface area contributed by atoms with Crippen LogP contribution in [0, 0.1) is 10.1 Å². The number of nitro benzene ring substituents is 1. The lowest BCUT2D eigenvalue weighted by Gasteiger charge is -2.11. The zero-order chi connectivity index (χ0) is 19.6. The van der Waals surface area contributed by atoms with Crippen molar-refractivity contribution in [3.63, 3.8) is 0 Å². The molecule has 1 N–H and O–H groups in total. The second-order valence-electron chi connectivity index (χ2n) is 5.29. The number of amides is 1. The maximum atomic E-state index is 12.4. The molecule has 0 bridgehead atoms. The number of fused-ring (bicyclic) bond motifs is 1. The Labute approximate surface area is 148 Å². The molecule has 0 fully saturated rings. The molecule has 0 spiro atoms. The summed E-state index contributed by atoms with van der Waals surface area (Å²) in [6.07, 6.45) is 0. The van der Waals surface area contributed by atoms with Gasteiger partial charge in [-0.2, -0.15) is 8.78 Å². The fourth-order valence-corrected chi connectivity index (χ4v) is 2.42. The Morgan fingerprint density at radius 3 is 2.74 bits per heavy atom. The number of hydrogen-bond donors (Lipinski definition) is 1. The van der Waals surface area contributed by atoms with Crippen molar-refractivity contribution in [2.75, 3.05) is 5.32 Å². The number of non-ortho nitro benzene ring substituents is 1. The van der Waals surface area contributed by atoms with Crippen molar-refractivity contribution in [2.24, 2.45) is 0 Å². The van der Waals surface area contributed by atoms with Gasteiger partial charge >= 0.3 is 12.4 Å². The minimum absolute atomic E-state index is 0.0189. The molecule has 0 atom stereocenters. The maximum Gasteiger partial charge on any atom is 0.420 e. The van der Waals surface area contributed by atoms with E-state index in [4.69, 9.17) is 4.42 Å². The number of aromatic nitrogens is 1. The number of carbonyl (C=O) groups is 1. The predicted octanol–water partition coefficient (Wildman–Crippen LogP) is 2.74. The average Bonchev–Trinajstić information content (AvgIpc) is 2.91. The van der Waals surface area contributed by atoms with Crippen molar-refractivity contribution < 1.29 is 27.7 Å². The highest BCUT2D eigenvalue weighted by molar-refractivity contribution is 5.93. The number of nitrogens with one attached hydrogen (secondary N) is 1. The first-order chi connectivity index (χ1) is 12.8. The number of rotatable bonds is 6. The highest BCUT2D eigenvalue weighted by Crippen LogP contribution is 2.26. The molecule has 2 aromatic carbocycles. The smallest absolute Gasteiger partial charge is 0.420 e. The van der Waals surface area contributed by atoms with Crippen LogP contribution in [0.3, 0.4) is 0 Å². The molecule has 0 saturated carbocycles. The van der Waals surface area contributed by atoms with Crippen molar-refractivity contribution in [3.05, 3.63) is 63.1 Å². The van der Waals surface area contributed by atoms with Gasteiger partial charge in [-0.15, -0.1) is 0 Å². The van der Waals surface area contributed by atoms with Gasteiger partial charge in [0, 0.05) is 12.1 Å². The summed E-state index contributed by atoms with van der Waals surface area (Å²) >= 11 is 0. The van der Waals surface area contributed by atoms with Crippen LogP contribution in [0.1, 0.15) is 0 Å². The fourth-order valence-electron chi connectivity index (χ4n) is 2.42. The molecule has 11 heteroatoms. The Bertz CT molecular complexity index is 1080. The van der Waals surface area contributed by atoms with Crippen LogP contribution >= 0.6 is 0 Å². The second kappa shape index (κ2) is 7.23. The van der Waals surface area contributed by atoms with E-state index >= 15 is 0 Å². The van der Waals surface area contributed by atoms with Gasteiger partial charge in [-0.25, -0.2) is 4.79 Å². The Hall–Kier alpha value is -3.76. The first kappa shape index (κ1) is 18.0. The molecule has 0 aliphatic carbocycles. The minimum atomic E-state index is -3.08. The summed E-state index contributed by atoms with van der Waals surface area (Å²) in [5, 5.41) is 13.2. The van der Waals surface area contributed by atoms with E-state index in [1.165, 1.54) is 30.3 Å². The van der Waals surface area contributed by atoms with Crippen LogP contribution in [0.5, 0.6) is 5.75 Å². The summed E-state index contributed by atoms with van der Waals surface area (Å²) in [5.41, 5.74) is -0.177. The average molecular weight is 379 g/mol. The molecular weight excluding hydrogens is 368 g/mol. The number of anilines is 1. The van der Waals surface area contributed by atoms with Crippen LogP contribution in [0.2, 0.25) is 0 Å². The quantitative estimate of drug-likeness (QED) is 0.520. The molecule has 27 heavy (non-hydrogen) atoms. The van der Waals surface area contributed by atoms with E-state index in [2.05, 4.69) is 10.1 Å². The molecule has 1 aromatic heterocycles. The number of halogens is 2. The van der Waals surface area contributed by atoms with Gasteiger partial charge in [0.1, 0.15) is 12.3 Å². The summed E-state index contributed by atoms with van der Waals surface area (Å²) in [6, 6.07) is 9.03. The van der Waals surface area contributed by atoms with Crippen molar-refractivity contribution in [3.8, 4) is 5.75 Å². The molecule has 0 radical (unpaired) electrons. The fraction of sp³-hybridized carbons (Fsp3) is 0.125. The normalized spacial score (nSPS) is 10.9. The van der Waals surface area contributed by atoms with E-state index in [9.17, 15) is 28.5 Å². The Balaban J connectivity index is 1.87. The lowest BCUT2D eigenvalue weighted by atomic mass is 10.3. The van der Waals surface area contributed by atoms with Crippen molar-refractivity contribution >= 4 is 28.4 Å². The Morgan fingerprint density at radius 2 is 2.04 bits per heavy atom. The molecule has 140 valence electrons. The van der Waals surface area contributed by atoms with E-state index in [1.807, 2.05) is 0 Å². The number of benzene rings is 2. The Kier molecular flexibility index (Phi) is 4.83. The third kappa shape index (κ3) is 3.92. The number of para-hydroxylation sites is 2. The van der Waals surface area contributed by atoms with Crippen LogP contribution in [-0.2, 0) is 11.3 Å². The molecule has 0 aliphatic rings. The molecule has 3 aromatic rings. The summed E-state index contributed by atoms with van der Waals surface area (Å²) < 4.78 is 35.0. The SMILES string of the molecule is O=C(Cn1c(=O)oc2ccc([N+](=O)[O-])cc21)Nc1ccccc1OC(F)F. The number of oxazole rings is 1. The minimum Gasteiger partial charge on any atom is -0.433 e. The van der Waals surface area contributed by atoms with Crippen LogP contribution in [0.15, 0.2) is 51.7 Å². The van der Waals surface area contributed by atoms with Gasteiger partial charge in [0.15, 0.2) is 5.58 Å². The van der Waals surface area contributed by atoms with Crippen molar-refractivity contribution in [1.29, 1.82) is 0 Å². The molecule has 0 aliphatic heterocycles. The molecule has 1 heterocycles. The van der Waals surface area contributed by atoms with Crippen molar-refractivity contribution in [1.82, 2.24) is 4.57 Å². The summed E-state index contributed by atoms with van der Waals surface area (Å²) in [4.78, 5) is 34.4. The zero-order valence-corrected chi connectivity index (χ0v) is 13.4. The molecule has 1 amide bonds. The molecule has 0 saturated heterocycles. The van der Waals surface area contributed by atoms with E-state index < -0.39 is 29.7 Å². The summed E-state index contributed by atoms with van der Waals surface area (Å²) in [6.45, 7) is -3.63. The predicted molar refractivity (Wildman–Crippen MR) is 88.8 cm³/mol. The number of ether oxygens (including phenoxy) is 1. The van der Waals surface area contributed by atoms with Gasteiger partial charge in [-0.1, -0.05) is 12.1 Å². The van der Waals surface area contributed by atoms with Crippen LogP contribution in [0.4, 0.5) is 20.2 Å². The highest BCUT2D eigenvalue weighted by Gasteiger charge is 2.17. The zero-order valence-electron chi connectivity index (χ0n) is 13.4. The third-order valence-electron chi connectivity index (χ3n) is 3.54. The first-order valence-corrected chi connectivity index (χ1v) is 7.46. The third-order valence-corrected chi connectivity index (χ3v) is 3.54. The Morgan fingerprint density at radius 1 is 1.30 bits per heavy atom. The first-order valence-electron chi connectivity index (χ1n) is 7.46. The number of hydrogen-bond acceptors (Lipinski definition) is 6. The van der Waals surface area contributed by atoms with Crippen LogP contribution < -0.4 is 15.8 Å². The standard InChI is InChI=1S/C16H11F2N3O6/c17-15(18)26-12-4-2-1-3-10(12)19-14(22)8-20-11-7-9(21(24)25)5-6-13(11)27-16(20)23/h1-7,15H,8H2,(H,19,22). The van der Waals surface area contributed by atoms with E-state index in [0.29, 0.717) is 0 Å². The summed E-state index contributed by atoms with van der Waals surface area (Å²) in [7, 11) is 0. The largest absolute Gasteiger partial charge is 0.433 e. The number of nitrogens with zero attached hydrogens (tertiary/aromatic N) is 2. The van der Waals surface area contributed by atoms with Gasteiger partial charge in [-0.05, 0) is 18.2 Å². The van der Waals surface area contributed by atoms with Crippen molar-refractivity contribution in [2.45, 2.75) is 13.2 Å². The van der Waals surface area contributed by atoms with Gasteiger partial charge in [0.25, 0.3) is 5.69 Å². The highest BCUT2D eigenvalue weighted by atomic mass is 19.3. The van der Waals surface area contributed by atoms with E-state index in [-0.39, 0.29) is 28.2 Å². The lowest BCUT2D eigenvalue weighted by molar-refractivity contribution is -0.384. The molecular formula is C16H11F2N3O6. The molecule has 0 unspecified atom stereocenters. The number of nitro groups is 1. The van der Waals surface area contributed by atoms with Gasteiger partial charge in [0.05, 0.1) is 16.1 Å². The lowest BCUT2D eigenvalue weighted by Crippen LogP contribution is -2.25. The molecule has 9 nitrogen and oxygen atoms in total. The van der Waals surface area contributed by atoms with Gasteiger partial charge < -0.3 is 14.5 Å². The number of alkyl halides is 2. The second-order valence-corrected chi connectivity index (χ2v) is 5.29. The van der Waals surface area contributed by atoms with Crippen LogP contribution in [0.25, 0.3) is 11.1 Å². The maximum absolute atomic E-state index is 12.4. The summed E-state index contributed by atoms with van der Waals surface area (Å²) in [5.74, 6) is -1.88.